The molecule has 0 radical (unpaired) electrons. The Morgan fingerprint density at radius 3 is 2.33 bits per heavy atom. The lowest BCUT2D eigenvalue weighted by atomic mass is 10.0. The Bertz CT molecular complexity index is 523. The predicted octanol–water partition coefficient (Wildman–Crippen LogP) is 1.23. The molecule has 0 bridgehead atoms. The van der Waals surface area contributed by atoms with E-state index in [-0.39, 0.29) is 18.9 Å². The van der Waals surface area contributed by atoms with Crippen molar-refractivity contribution in [2.24, 2.45) is 5.92 Å². The molecular weight excluding hydrogens is 316 g/mol. The van der Waals surface area contributed by atoms with E-state index < -0.39 is 41.6 Å². The van der Waals surface area contributed by atoms with Gasteiger partial charge in [-0.15, -0.1) is 0 Å². The summed E-state index contributed by atoms with van der Waals surface area (Å²) in [7, 11) is 0. The van der Waals surface area contributed by atoms with Crippen molar-refractivity contribution in [3.8, 4) is 0 Å². The van der Waals surface area contributed by atoms with Crippen LogP contribution in [0.3, 0.4) is 0 Å². The van der Waals surface area contributed by atoms with Gasteiger partial charge in [-0.2, -0.15) is 0 Å². The highest BCUT2D eigenvalue weighted by atomic mass is 16.6. The Hall–Kier alpha value is -2.12. The molecular formula is C16H26N2O6. The van der Waals surface area contributed by atoms with Crippen LogP contribution in [0.2, 0.25) is 0 Å². The highest BCUT2D eigenvalue weighted by Gasteiger charge is 2.47. The summed E-state index contributed by atoms with van der Waals surface area (Å²) in [4.78, 5) is 49.5. The van der Waals surface area contributed by atoms with Crippen LogP contribution in [-0.4, -0.2) is 53.1 Å². The lowest BCUT2D eigenvalue weighted by Gasteiger charge is -2.27. The van der Waals surface area contributed by atoms with Crippen molar-refractivity contribution >= 4 is 23.9 Å². The van der Waals surface area contributed by atoms with Gasteiger partial charge in [-0.1, -0.05) is 13.8 Å². The molecule has 24 heavy (non-hydrogen) atoms. The van der Waals surface area contributed by atoms with Crippen molar-refractivity contribution in [2.45, 2.75) is 65.6 Å². The summed E-state index contributed by atoms with van der Waals surface area (Å²) < 4.78 is 10.0. The molecule has 1 fully saturated rings. The second kappa shape index (κ2) is 7.63. The SMILES string of the molecule is CCOC(=O)C(C(C)C)N1C(=O)CC(NC(=O)OC(C)(C)C)C1=O. The van der Waals surface area contributed by atoms with Gasteiger partial charge in [-0.3, -0.25) is 14.5 Å². The Kier molecular flexibility index (Phi) is 6.34. The minimum atomic E-state index is -1.04. The molecule has 3 amide bonds. The molecule has 1 heterocycles. The molecule has 1 saturated heterocycles. The van der Waals surface area contributed by atoms with Crippen LogP contribution in [0.5, 0.6) is 0 Å². The van der Waals surface area contributed by atoms with Crippen LogP contribution < -0.4 is 5.32 Å². The number of nitrogens with one attached hydrogen (secondary N) is 1. The first kappa shape index (κ1) is 19.9. The number of alkyl carbamates (subject to hydrolysis) is 1. The minimum Gasteiger partial charge on any atom is -0.464 e. The second-order valence-corrected chi connectivity index (χ2v) is 6.95. The van der Waals surface area contributed by atoms with Gasteiger partial charge in [-0.05, 0) is 33.6 Å². The molecule has 2 atom stereocenters. The number of nitrogens with zero attached hydrogens (tertiary/aromatic N) is 1. The van der Waals surface area contributed by atoms with Gasteiger partial charge in [0, 0.05) is 0 Å². The fraction of sp³-hybridized carbons (Fsp3) is 0.750. The van der Waals surface area contributed by atoms with Gasteiger partial charge in [0.1, 0.15) is 17.7 Å². The van der Waals surface area contributed by atoms with E-state index in [1.54, 1.807) is 41.5 Å². The van der Waals surface area contributed by atoms with Gasteiger partial charge in [-0.25, -0.2) is 9.59 Å². The Morgan fingerprint density at radius 1 is 1.29 bits per heavy atom. The number of carbonyl (C=O) groups excluding carboxylic acids is 4. The van der Waals surface area contributed by atoms with E-state index in [0.717, 1.165) is 4.90 Å². The second-order valence-electron chi connectivity index (χ2n) is 6.95. The molecule has 8 nitrogen and oxygen atoms in total. The molecule has 2 unspecified atom stereocenters. The zero-order chi connectivity index (χ0) is 18.7. The number of amides is 3. The number of imide groups is 1. The van der Waals surface area contributed by atoms with E-state index in [2.05, 4.69) is 5.32 Å². The predicted molar refractivity (Wildman–Crippen MR) is 84.9 cm³/mol. The normalized spacial score (nSPS) is 19.5. The maximum absolute atomic E-state index is 12.5. The van der Waals surface area contributed by atoms with Crippen LogP contribution in [0.1, 0.15) is 48.0 Å². The van der Waals surface area contributed by atoms with Gasteiger partial charge >= 0.3 is 12.1 Å². The molecule has 1 N–H and O–H groups in total. The molecule has 1 aliphatic rings. The van der Waals surface area contributed by atoms with Crippen LogP contribution in [0.4, 0.5) is 4.79 Å². The first-order valence-electron chi connectivity index (χ1n) is 8.00. The van der Waals surface area contributed by atoms with Crippen molar-refractivity contribution in [3.05, 3.63) is 0 Å². The molecule has 0 aromatic rings. The van der Waals surface area contributed by atoms with E-state index in [9.17, 15) is 19.2 Å². The number of rotatable bonds is 5. The molecule has 0 saturated carbocycles. The Balaban J connectivity index is 2.88. The molecule has 8 heteroatoms. The summed E-state index contributed by atoms with van der Waals surface area (Å²) in [6.45, 7) is 10.3. The maximum atomic E-state index is 12.5. The first-order chi connectivity index (χ1) is 11.0. The van der Waals surface area contributed by atoms with Crippen molar-refractivity contribution in [3.63, 3.8) is 0 Å². The number of hydrogen-bond acceptors (Lipinski definition) is 6. The topological polar surface area (TPSA) is 102 Å². The average Bonchev–Trinajstić information content (AvgIpc) is 2.64. The molecule has 0 spiro atoms. The standard InChI is InChI=1S/C16H26N2O6/c1-7-23-14(21)12(9(2)3)18-11(19)8-10(13(18)20)17-15(22)24-16(4,5)6/h9-10,12H,7-8H2,1-6H3,(H,17,22). The van der Waals surface area contributed by atoms with Gasteiger partial charge in [0.2, 0.25) is 5.91 Å². The van der Waals surface area contributed by atoms with E-state index >= 15 is 0 Å². The third kappa shape index (κ3) is 4.94. The molecule has 0 aliphatic carbocycles. The molecule has 1 rings (SSSR count). The average molecular weight is 342 g/mol. The number of carbonyl (C=O) groups is 4. The number of esters is 1. The van der Waals surface area contributed by atoms with Crippen molar-refractivity contribution in [1.82, 2.24) is 10.2 Å². The lowest BCUT2D eigenvalue weighted by Crippen LogP contribution is -2.51. The van der Waals surface area contributed by atoms with Gasteiger partial charge in [0.25, 0.3) is 5.91 Å². The van der Waals surface area contributed by atoms with E-state index in [1.807, 2.05) is 0 Å². The zero-order valence-corrected chi connectivity index (χ0v) is 15.0. The van der Waals surface area contributed by atoms with Gasteiger partial charge in [0.15, 0.2) is 0 Å². The van der Waals surface area contributed by atoms with E-state index in [4.69, 9.17) is 9.47 Å². The summed E-state index contributed by atoms with van der Waals surface area (Å²) in [6.07, 6.45) is -0.992. The fourth-order valence-corrected chi connectivity index (χ4v) is 2.41. The summed E-state index contributed by atoms with van der Waals surface area (Å²) in [5, 5.41) is 2.38. The van der Waals surface area contributed by atoms with Crippen LogP contribution in [-0.2, 0) is 23.9 Å². The van der Waals surface area contributed by atoms with Crippen LogP contribution in [0.25, 0.3) is 0 Å². The lowest BCUT2D eigenvalue weighted by molar-refractivity contribution is -0.160. The number of hydrogen-bond donors (Lipinski definition) is 1. The van der Waals surface area contributed by atoms with Crippen LogP contribution >= 0.6 is 0 Å². The fourth-order valence-electron chi connectivity index (χ4n) is 2.41. The quantitative estimate of drug-likeness (QED) is 0.595. The highest BCUT2D eigenvalue weighted by molar-refractivity contribution is 6.09. The minimum absolute atomic E-state index is 0.151. The molecule has 0 aromatic heterocycles. The highest BCUT2D eigenvalue weighted by Crippen LogP contribution is 2.22. The summed E-state index contributed by atoms with van der Waals surface area (Å²) >= 11 is 0. The van der Waals surface area contributed by atoms with Gasteiger partial charge < -0.3 is 14.8 Å². The summed E-state index contributed by atoms with van der Waals surface area (Å²) in [5.41, 5.74) is -0.721. The number of likely N-dealkylation sites (tertiary alicyclic amines) is 1. The zero-order valence-electron chi connectivity index (χ0n) is 15.0. The molecule has 136 valence electrons. The van der Waals surface area contributed by atoms with Crippen LogP contribution in [0.15, 0.2) is 0 Å². The van der Waals surface area contributed by atoms with E-state index in [1.165, 1.54) is 0 Å². The number of ether oxygens (including phenoxy) is 2. The van der Waals surface area contributed by atoms with E-state index in [0.29, 0.717) is 0 Å². The summed E-state index contributed by atoms with van der Waals surface area (Å²) in [6, 6.07) is -2.04. The Labute approximate surface area is 141 Å². The van der Waals surface area contributed by atoms with Gasteiger partial charge in [0.05, 0.1) is 13.0 Å². The third-order valence-corrected chi connectivity index (χ3v) is 3.31. The van der Waals surface area contributed by atoms with Crippen molar-refractivity contribution in [1.29, 1.82) is 0 Å². The molecule has 0 aromatic carbocycles. The first-order valence-corrected chi connectivity index (χ1v) is 8.00. The smallest absolute Gasteiger partial charge is 0.408 e. The monoisotopic (exact) mass is 342 g/mol. The Morgan fingerprint density at radius 2 is 1.88 bits per heavy atom. The third-order valence-electron chi connectivity index (χ3n) is 3.31. The maximum Gasteiger partial charge on any atom is 0.408 e. The molecule has 1 aliphatic heterocycles. The van der Waals surface area contributed by atoms with Crippen molar-refractivity contribution < 1.29 is 28.7 Å². The largest absolute Gasteiger partial charge is 0.464 e. The summed E-state index contributed by atoms with van der Waals surface area (Å²) in [5.74, 6) is -2.09. The van der Waals surface area contributed by atoms with Crippen LogP contribution in [0, 0.1) is 5.92 Å². The van der Waals surface area contributed by atoms with Crippen molar-refractivity contribution in [2.75, 3.05) is 6.61 Å².